The van der Waals surface area contributed by atoms with Gasteiger partial charge in [0, 0.05) is 14.8 Å². The molecule has 0 unspecified atom stereocenters. The number of hydrogen-bond donors (Lipinski definition) is 1. The van der Waals surface area contributed by atoms with Crippen LogP contribution in [0.15, 0.2) is 5.34 Å². The van der Waals surface area contributed by atoms with Crippen LogP contribution in [0.2, 0.25) is 0 Å². The van der Waals surface area contributed by atoms with Gasteiger partial charge in [-0.25, -0.2) is 0 Å². The van der Waals surface area contributed by atoms with E-state index in [4.69, 9.17) is 15.0 Å². The van der Waals surface area contributed by atoms with E-state index in [1.165, 1.54) is 0 Å². The van der Waals surface area contributed by atoms with Gasteiger partial charge in [-0.05, 0) is 0 Å². The first-order valence-corrected chi connectivity index (χ1v) is 0.930. The first-order valence-electron chi connectivity index (χ1n) is 0.930. The minimum absolute atomic E-state index is 0. The molecule has 6 nitrogen and oxygen atoms in total. The third-order valence-corrected chi connectivity index (χ3v) is 0.103. The molecule has 0 aromatic carbocycles. The zero-order valence-corrected chi connectivity index (χ0v) is 5.57. The molecule has 0 saturated heterocycles. The van der Waals surface area contributed by atoms with Crippen LogP contribution in [0.3, 0.4) is 0 Å². The Morgan fingerprint density at radius 1 is 1.86 bits per heavy atom. The first kappa shape index (κ1) is 9.93. The summed E-state index contributed by atoms with van der Waals surface area (Å²) in [4.78, 5) is 20.7. The van der Waals surface area contributed by atoms with E-state index in [9.17, 15) is 0 Å². The number of hydrogen-bond acceptors (Lipinski definition) is 4. The van der Waals surface area contributed by atoms with Crippen molar-refractivity contribution in [3.05, 3.63) is 9.81 Å². The summed E-state index contributed by atoms with van der Waals surface area (Å²) < 4.78 is 0. The van der Waals surface area contributed by atoms with Gasteiger partial charge < -0.3 is 1.43 Å². The molecule has 0 aromatic heterocycles. The van der Waals surface area contributed by atoms with E-state index in [2.05, 4.69) is 4.94 Å². The number of rotatable bonds is 2. The molecule has 0 saturated carbocycles. The van der Waals surface area contributed by atoms with Crippen LogP contribution in [0.25, 0.3) is 0 Å². The predicted octanol–water partition coefficient (Wildman–Crippen LogP) is -3.12. The second-order valence-corrected chi connectivity index (χ2v) is 0.394. The second-order valence-electron chi connectivity index (χ2n) is 0.394. The summed E-state index contributed by atoms with van der Waals surface area (Å²) >= 11 is 0. The molecule has 36 valence electrons. The quantitative estimate of drug-likeness (QED) is 0.236. The van der Waals surface area contributed by atoms with E-state index in [1.807, 2.05) is 0 Å². The third kappa shape index (κ3) is 10.7. The van der Waals surface area contributed by atoms with E-state index in [1.54, 1.807) is 5.34 Å². The molecule has 0 bridgehead atoms. The van der Waals surface area contributed by atoms with Crippen molar-refractivity contribution in [3.8, 4) is 0 Å². The molecular weight excluding hydrogens is 115 g/mol. The van der Waals surface area contributed by atoms with Crippen molar-refractivity contribution >= 4 is 0 Å². The van der Waals surface area contributed by atoms with Crippen LogP contribution in [-0.4, -0.2) is 10.3 Å². The largest absolute Gasteiger partial charge is 1.00 e. The molecule has 0 aliphatic carbocycles. The van der Waals surface area contributed by atoms with Crippen LogP contribution in [0, 0.1) is 9.81 Å². The Labute approximate surface area is 61.6 Å². The molecule has 0 aliphatic rings. The summed E-state index contributed by atoms with van der Waals surface area (Å²) in [5, 5.41) is 7.81. The SMILES string of the molecule is O=NO[N+](=O)O.[H-].[Na+]. The summed E-state index contributed by atoms with van der Waals surface area (Å²) in [5.74, 6) is 0. The fraction of sp³-hybridized carbons (Fsp3) is 0. The van der Waals surface area contributed by atoms with E-state index in [0.29, 0.717) is 0 Å². The van der Waals surface area contributed by atoms with E-state index in [0.717, 1.165) is 0 Å². The zero-order chi connectivity index (χ0) is 4.99. The Morgan fingerprint density at radius 2 is 2.29 bits per heavy atom. The fourth-order valence-corrected chi connectivity index (χ4v) is 0.0285. The molecule has 0 aliphatic heterocycles. The molecule has 0 heterocycles. The van der Waals surface area contributed by atoms with Gasteiger partial charge in [-0.2, -0.15) is 0 Å². The molecule has 7 heteroatoms. The van der Waals surface area contributed by atoms with Gasteiger partial charge in [0.2, 0.25) is 0 Å². The first-order chi connectivity index (χ1) is 2.77. The standard InChI is InChI=1S/HN2O4.Na.H/c3-1-6-2(4)5;;/h(H,4,5);;/q2*+1;-1. The predicted molar refractivity (Wildman–Crippen MR) is 13.4 cm³/mol. The Hall–Kier alpha value is -0.200. The molecular formula is H2N2NaO4+. The van der Waals surface area contributed by atoms with E-state index < -0.39 is 5.09 Å². The van der Waals surface area contributed by atoms with E-state index in [-0.39, 0.29) is 31.0 Å². The van der Waals surface area contributed by atoms with Crippen molar-refractivity contribution in [2.24, 2.45) is 5.34 Å². The van der Waals surface area contributed by atoms with Crippen LogP contribution >= 0.6 is 0 Å². The maximum atomic E-state index is 9.00. The Kier molecular flexibility index (Phi) is 8.23. The minimum Gasteiger partial charge on any atom is -1.00 e. The zero-order valence-electron chi connectivity index (χ0n) is 4.57. The van der Waals surface area contributed by atoms with Crippen LogP contribution in [-0.2, 0) is 4.94 Å². The Bertz CT molecular complexity index is 74.4. The second kappa shape index (κ2) is 5.80. The molecule has 0 spiro atoms. The molecule has 0 amide bonds. The molecule has 0 fully saturated rings. The molecule has 0 radical (unpaired) electrons. The van der Waals surface area contributed by atoms with Crippen LogP contribution in [0.1, 0.15) is 1.43 Å². The Balaban J connectivity index is -0.000000125. The van der Waals surface area contributed by atoms with Gasteiger partial charge in [0.25, 0.3) is 0 Å². The van der Waals surface area contributed by atoms with Gasteiger partial charge in [0.1, 0.15) is 0 Å². The third-order valence-electron chi connectivity index (χ3n) is 0.103. The maximum Gasteiger partial charge on any atom is 1.00 e. The monoisotopic (exact) mass is 117 g/mol. The molecule has 7 heavy (non-hydrogen) atoms. The van der Waals surface area contributed by atoms with Gasteiger partial charge >= 0.3 is 40.0 Å². The summed E-state index contributed by atoms with van der Waals surface area (Å²) in [7, 11) is 0. The van der Waals surface area contributed by atoms with Gasteiger partial charge in [0.15, 0.2) is 0 Å². The Morgan fingerprint density at radius 3 is 2.29 bits per heavy atom. The van der Waals surface area contributed by atoms with Crippen LogP contribution in [0.4, 0.5) is 0 Å². The summed E-state index contributed by atoms with van der Waals surface area (Å²) in [6.07, 6.45) is 0. The van der Waals surface area contributed by atoms with Crippen molar-refractivity contribution in [3.63, 3.8) is 0 Å². The summed E-state index contributed by atoms with van der Waals surface area (Å²) in [6.45, 7) is 0. The molecule has 0 rings (SSSR count). The smallest absolute Gasteiger partial charge is 1.00 e. The number of nitrogens with zero attached hydrogens (tertiary/aromatic N) is 2. The average molecular weight is 117 g/mol. The van der Waals surface area contributed by atoms with Crippen molar-refractivity contribution in [1.29, 1.82) is 0 Å². The molecule has 0 atom stereocenters. The van der Waals surface area contributed by atoms with Crippen molar-refractivity contribution < 1.29 is 46.2 Å². The van der Waals surface area contributed by atoms with Crippen LogP contribution < -0.4 is 29.6 Å². The summed E-state index contributed by atoms with van der Waals surface area (Å²) in [6, 6.07) is 0. The molecule has 1 N–H and O–H groups in total. The van der Waals surface area contributed by atoms with Gasteiger partial charge in [-0.15, -0.1) is 0 Å². The fourth-order valence-electron chi connectivity index (χ4n) is 0.0285. The van der Waals surface area contributed by atoms with Crippen molar-refractivity contribution in [2.75, 3.05) is 0 Å². The van der Waals surface area contributed by atoms with Crippen molar-refractivity contribution in [2.45, 2.75) is 0 Å². The summed E-state index contributed by atoms with van der Waals surface area (Å²) in [5.41, 5.74) is 0. The van der Waals surface area contributed by atoms with Crippen molar-refractivity contribution in [1.82, 2.24) is 0 Å². The average Bonchev–Trinajstić information content (AvgIpc) is 1.35. The maximum absolute atomic E-state index is 9.00. The minimum atomic E-state index is -1.05. The normalized spacial score (nSPS) is 5.71. The van der Waals surface area contributed by atoms with Gasteiger partial charge in [0.05, 0.1) is 0 Å². The molecule has 0 aromatic rings. The van der Waals surface area contributed by atoms with Crippen LogP contribution in [0.5, 0.6) is 0 Å². The van der Waals surface area contributed by atoms with E-state index >= 15 is 0 Å². The van der Waals surface area contributed by atoms with Gasteiger partial charge in [-0.1, -0.05) is 0 Å². The van der Waals surface area contributed by atoms with Gasteiger partial charge in [-0.3, -0.25) is 5.21 Å². The topological polar surface area (TPSA) is 79.0 Å².